The van der Waals surface area contributed by atoms with Crippen LogP contribution >= 0.6 is 15.9 Å². The first-order valence-electron chi connectivity index (χ1n) is 6.31. The molecule has 0 radical (unpaired) electrons. The van der Waals surface area contributed by atoms with E-state index in [0.29, 0.717) is 16.9 Å². The first-order chi connectivity index (χ1) is 9.99. The molecule has 110 valence electrons. The van der Waals surface area contributed by atoms with E-state index in [4.69, 9.17) is 4.74 Å². The van der Waals surface area contributed by atoms with E-state index >= 15 is 0 Å². The molecule has 1 N–H and O–H groups in total. The number of benzene rings is 2. The fourth-order valence-electron chi connectivity index (χ4n) is 1.94. The summed E-state index contributed by atoms with van der Waals surface area (Å²) in [5, 5.41) is 20.7. The third kappa shape index (κ3) is 3.80. The lowest BCUT2D eigenvalue weighted by molar-refractivity contribution is -0.385. The van der Waals surface area contributed by atoms with Gasteiger partial charge in [0.25, 0.3) is 5.69 Å². The van der Waals surface area contributed by atoms with Crippen molar-refractivity contribution in [2.45, 2.75) is 19.6 Å². The molecule has 0 fully saturated rings. The zero-order valence-electron chi connectivity index (χ0n) is 11.3. The van der Waals surface area contributed by atoms with Gasteiger partial charge in [0, 0.05) is 16.1 Å². The van der Waals surface area contributed by atoms with Gasteiger partial charge >= 0.3 is 0 Å². The Kier molecular flexibility index (Phi) is 4.93. The van der Waals surface area contributed by atoms with E-state index in [1.54, 1.807) is 43.3 Å². The van der Waals surface area contributed by atoms with Crippen molar-refractivity contribution >= 4 is 21.6 Å². The number of hydrogen-bond acceptors (Lipinski definition) is 4. The SMILES string of the molecule is C[C@@H](O)c1ccc(Br)cc1OCc1ccccc1[N+](=O)[O-]. The molecular formula is C15H14BrNO4. The van der Waals surface area contributed by atoms with Gasteiger partial charge in [-0.05, 0) is 25.1 Å². The second-order valence-corrected chi connectivity index (χ2v) is 5.45. The Morgan fingerprint density at radius 2 is 2.05 bits per heavy atom. The Labute approximate surface area is 130 Å². The number of ether oxygens (including phenoxy) is 1. The third-order valence-corrected chi connectivity index (χ3v) is 3.49. The van der Waals surface area contributed by atoms with Gasteiger partial charge in [-0.25, -0.2) is 0 Å². The van der Waals surface area contributed by atoms with E-state index in [2.05, 4.69) is 15.9 Å². The summed E-state index contributed by atoms with van der Waals surface area (Å²) < 4.78 is 6.47. The van der Waals surface area contributed by atoms with Gasteiger partial charge in [0.1, 0.15) is 12.4 Å². The van der Waals surface area contributed by atoms with Crippen molar-refractivity contribution in [2.75, 3.05) is 0 Å². The first-order valence-corrected chi connectivity index (χ1v) is 7.11. The molecule has 5 nitrogen and oxygen atoms in total. The van der Waals surface area contributed by atoms with Crippen LogP contribution in [-0.4, -0.2) is 10.0 Å². The molecule has 2 aromatic carbocycles. The predicted molar refractivity (Wildman–Crippen MR) is 82.2 cm³/mol. The number of rotatable bonds is 5. The highest BCUT2D eigenvalue weighted by atomic mass is 79.9. The molecule has 6 heteroatoms. The molecule has 0 aromatic heterocycles. The Morgan fingerprint density at radius 3 is 2.71 bits per heavy atom. The molecule has 0 aliphatic rings. The summed E-state index contributed by atoms with van der Waals surface area (Å²) in [4.78, 5) is 10.5. The van der Waals surface area contributed by atoms with Crippen molar-refractivity contribution < 1.29 is 14.8 Å². The summed E-state index contributed by atoms with van der Waals surface area (Å²) in [6.45, 7) is 1.70. The quantitative estimate of drug-likeness (QED) is 0.652. The number of para-hydroxylation sites is 1. The Morgan fingerprint density at radius 1 is 1.33 bits per heavy atom. The molecular weight excluding hydrogens is 338 g/mol. The first kappa shape index (κ1) is 15.5. The maximum absolute atomic E-state index is 11.0. The topological polar surface area (TPSA) is 72.6 Å². The highest BCUT2D eigenvalue weighted by molar-refractivity contribution is 9.10. The van der Waals surface area contributed by atoms with Crippen molar-refractivity contribution in [3.63, 3.8) is 0 Å². The van der Waals surface area contributed by atoms with Crippen LogP contribution in [0.1, 0.15) is 24.2 Å². The van der Waals surface area contributed by atoms with Crippen molar-refractivity contribution in [1.82, 2.24) is 0 Å². The predicted octanol–water partition coefficient (Wildman–Crippen LogP) is 3.99. The van der Waals surface area contributed by atoms with E-state index in [0.717, 1.165) is 4.47 Å². The van der Waals surface area contributed by atoms with Gasteiger partial charge in [-0.3, -0.25) is 10.1 Å². The van der Waals surface area contributed by atoms with Crippen LogP contribution in [0.5, 0.6) is 5.75 Å². The van der Waals surface area contributed by atoms with E-state index < -0.39 is 11.0 Å². The minimum absolute atomic E-state index is 0.0195. The van der Waals surface area contributed by atoms with Crippen LogP contribution in [0.25, 0.3) is 0 Å². The molecule has 0 unspecified atom stereocenters. The van der Waals surface area contributed by atoms with Crippen LogP contribution in [-0.2, 0) is 6.61 Å². The van der Waals surface area contributed by atoms with Gasteiger partial charge < -0.3 is 9.84 Å². The van der Waals surface area contributed by atoms with E-state index in [-0.39, 0.29) is 12.3 Å². The number of hydrogen-bond donors (Lipinski definition) is 1. The zero-order valence-corrected chi connectivity index (χ0v) is 12.9. The van der Waals surface area contributed by atoms with E-state index in [9.17, 15) is 15.2 Å². The van der Waals surface area contributed by atoms with Crippen LogP contribution in [0.4, 0.5) is 5.69 Å². The Bertz CT molecular complexity index is 658. The highest BCUT2D eigenvalue weighted by Crippen LogP contribution is 2.30. The fourth-order valence-corrected chi connectivity index (χ4v) is 2.28. The molecule has 2 aromatic rings. The average Bonchev–Trinajstić information content (AvgIpc) is 2.45. The lowest BCUT2D eigenvalue weighted by Crippen LogP contribution is -2.03. The van der Waals surface area contributed by atoms with Crippen molar-refractivity contribution in [2.24, 2.45) is 0 Å². The average molecular weight is 352 g/mol. The summed E-state index contributed by atoms with van der Waals surface area (Å²) >= 11 is 3.34. The van der Waals surface area contributed by atoms with Crippen LogP contribution in [0.15, 0.2) is 46.9 Å². The number of aliphatic hydroxyl groups is 1. The summed E-state index contributed by atoms with van der Waals surface area (Å²) in [6.07, 6.45) is -0.682. The molecule has 0 aliphatic heterocycles. The Hall–Kier alpha value is -1.92. The van der Waals surface area contributed by atoms with Crippen LogP contribution in [0.3, 0.4) is 0 Å². The van der Waals surface area contributed by atoms with Gasteiger partial charge in [-0.15, -0.1) is 0 Å². The van der Waals surface area contributed by atoms with Gasteiger partial charge in [0.15, 0.2) is 0 Å². The summed E-state index contributed by atoms with van der Waals surface area (Å²) in [5.74, 6) is 0.498. The summed E-state index contributed by atoms with van der Waals surface area (Å²) in [6, 6.07) is 11.7. The smallest absolute Gasteiger partial charge is 0.276 e. The van der Waals surface area contributed by atoms with Gasteiger partial charge in [-0.1, -0.05) is 34.1 Å². The van der Waals surface area contributed by atoms with Crippen LogP contribution in [0, 0.1) is 10.1 Å². The normalized spacial score (nSPS) is 12.0. The number of nitro groups is 1. The molecule has 21 heavy (non-hydrogen) atoms. The molecule has 0 aliphatic carbocycles. The second kappa shape index (κ2) is 6.69. The molecule has 0 saturated heterocycles. The minimum Gasteiger partial charge on any atom is -0.488 e. The van der Waals surface area contributed by atoms with Gasteiger partial charge in [-0.2, -0.15) is 0 Å². The van der Waals surface area contributed by atoms with Gasteiger partial charge in [0.2, 0.25) is 0 Å². The minimum atomic E-state index is -0.682. The summed E-state index contributed by atoms with van der Waals surface area (Å²) in [5.41, 5.74) is 1.14. The molecule has 0 spiro atoms. The number of nitrogens with zero attached hydrogens (tertiary/aromatic N) is 1. The number of halogens is 1. The summed E-state index contributed by atoms with van der Waals surface area (Å²) in [7, 11) is 0. The zero-order chi connectivity index (χ0) is 15.4. The fraction of sp³-hybridized carbons (Fsp3) is 0.200. The lowest BCUT2D eigenvalue weighted by Gasteiger charge is -2.14. The maximum atomic E-state index is 11.0. The molecule has 0 amide bonds. The van der Waals surface area contributed by atoms with Crippen molar-refractivity contribution in [3.8, 4) is 5.75 Å². The lowest BCUT2D eigenvalue weighted by atomic mass is 10.1. The molecule has 0 bridgehead atoms. The van der Waals surface area contributed by atoms with Gasteiger partial charge in [0.05, 0.1) is 16.6 Å². The Balaban J connectivity index is 2.24. The van der Waals surface area contributed by atoms with Crippen LogP contribution < -0.4 is 4.74 Å². The standard InChI is InChI=1S/C15H14BrNO4/c1-10(18)13-7-6-12(16)8-15(13)21-9-11-4-2-3-5-14(11)17(19)20/h2-8,10,18H,9H2,1H3/t10-/m1/s1. The molecule has 0 heterocycles. The molecule has 1 atom stereocenters. The largest absolute Gasteiger partial charge is 0.488 e. The van der Waals surface area contributed by atoms with Crippen molar-refractivity contribution in [1.29, 1.82) is 0 Å². The maximum Gasteiger partial charge on any atom is 0.276 e. The molecule has 2 rings (SSSR count). The van der Waals surface area contributed by atoms with Crippen molar-refractivity contribution in [3.05, 3.63) is 68.2 Å². The second-order valence-electron chi connectivity index (χ2n) is 4.53. The number of nitro benzene ring substituents is 1. The van der Waals surface area contributed by atoms with E-state index in [1.807, 2.05) is 0 Å². The number of aliphatic hydroxyl groups excluding tert-OH is 1. The third-order valence-electron chi connectivity index (χ3n) is 3.00. The monoisotopic (exact) mass is 351 g/mol. The highest BCUT2D eigenvalue weighted by Gasteiger charge is 2.15. The van der Waals surface area contributed by atoms with E-state index in [1.165, 1.54) is 6.07 Å². The van der Waals surface area contributed by atoms with Crippen LogP contribution in [0.2, 0.25) is 0 Å². The molecule has 0 saturated carbocycles.